The normalized spacial score (nSPS) is 12.4. The van der Waals surface area contributed by atoms with Crippen molar-refractivity contribution in [1.82, 2.24) is 4.98 Å². The minimum atomic E-state index is -0.500. The summed E-state index contributed by atoms with van der Waals surface area (Å²) in [6.07, 6.45) is 3.94. The molecule has 4 N–H and O–H groups in total. The standard InChI is InChI=1S/C11H17N3O2/c1-16-5-3-10(13)11(15)6-8-7-14-4-2-9(8)12/h2,4,7,10H,3,5-6,13H2,1H3,(H2,12,14). The Morgan fingerprint density at radius 1 is 1.62 bits per heavy atom. The van der Waals surface area contributed by atoms with E-state index in [-0.39, 0.29) is 12.2 Å². The molecule has 1 heterocycles. The van der Waals surface area contributed by atoms with Crippen molar-refractivity contribution in [2.24, 2.45) is 5.73 Å². The van der Waals surface area contributed by atoms with E-state index < -0.39 is 6.04 Å². The summed E-state index contributed by atoms with van der Waals surface area (Å²) >= 11 is 0. The molecule has 1 atom stereocenters. The van der Waals surface area contributed by atoms with E-state index in [9.17, 15) is 4.79 Å². The van der Waals surface area contributed by atoms with Gasteiger partial charge in [-0.1, -0.05) is 0 Å². The third-order valence-electron chi connectivity index (χ3n) is 2.35. The molecule has 0 aliphatic carbocycles. The number of Topliss-reactive ketones (excluding diaryl/α,β-unsaturated/α-hetero) is 1. The molecule has 0 aliphatic heterocycles. The third kappa shape index (κ3) is 3.60. The molecule has 1 rings (SSSR count). The molecule has 0 saturated carbocycles. The van der Waals surface area contributed by atoms with Gasteiger partial charge in [-0.25, -0.2) is 0 Å². The quantitative estimate of drug-likeness (QED) is 0.715. The maximum absolute atomic E-state index is 11.7. The number of pyridine rings is 1. The Hall–Kier alpha value is -1.46. The lowest BCUT2D eigenvalue weighted by Crippen LogP contribution is -2.33. The number of hydrogen-bond donors (Lipinski definition) is 2. The first-order chi connectivity index (χ1) is 7.65. The van der Waals surface area contributed by atoms with Crippen LogP contribution in [0, 0.1) is 0 Å². The molecule has 0 radical (unpaired) electrons. The molecule has 0 saturated heterocycles. The number of anilines is 1. The first-order valence-corrected chi connectivity index (χ1v) is 5.10. The van der Waals surface area contributed by atoms with Crippen molar-refractivity contribution in [3.63, 3.8) is 0 Å². The van der Waals surface area contributed by atoms with Gasteiger partial charge in [0.15, 0.2) is 5.78 Å². The van der Waals surface area contributed by atoms with Crippen LogP contribution in [0.25, 0.3) is 0 Å². The largest absolute Gasteiger partial charge is 0.398 e. The van der Waals surface area contributed by atoms with Gasteiger partial charge in [-0.05, 0) is 12.5 Å². The number of ketones is 1. The first-order valence-electron chi connectivity index (χ1n) is 5.10. The lowest BCUT2D eigenvalue weighted by molar-refractivity contribution is -0.120. The minimum Gasteiger partial charge on any atom is -0.398 e. The molecule has 1 aromatic heterocycles. The Bertz CT molecular complexity index is 355. The lowest BCUT2D eigenvalue weighted by atomic mass is 10.0. The highest BCUT2D eigenvalue weighted by atomic mass is 16.5. The molecule has 88 valence electrons. The topological polar surface area (TPSA) is 91.2 Å². The van der Waals surface area contributed by atoms with Gasteiger partial charge in [0, 0.05) is 43.8 Å². The number of nitrogens with zero attached hydrogens (tertiary/aromatic N) is 1. The second-order valence-corrected chi connectivity index (χ2v) is 3.61. The Balaban J connectivity index is 2.54. The number of carbonyl (C=O) groups is 1. The number of ether oxygens (including phenoxy) is 1. The number of hydrogen-bond acceptors (Lipinski definition) is 5. The van der Waals surface area contributed by atoms with Crippen LogP contribution in [0.15, 0.2) is 18.5 Å². The molecule has 0 aromatic carbocycles. The van der Waals surface area contributed by atoms with E-state index in [1.165, 1.54) is 0 Å². The van der Waals surface area contributed by atoms with Gasteiger partial charge in [-0.2, -0.15) is 0 Å². The van der Waals surface area contributed by atoms with Crippen LogP contribution in [0.5, 0.6) is 0 Å². The summed E-state index contributed by atoms with van der Waals surface area (Å²) in [7, 11) is 1.58. The predicted molar refractivity (Wildman–Crippen MR) is 61.8 cm³/mol. The maximum atomic E-state index is 11.7. The van der Waals surface area contributed by atoms with Crippen LogP contribution in [0.4, 0.5) is 5.69 Å². The number of rotatable bonds is 6. The Morgan fingerprint density at radius 3 is 3.00 bits per heavy atom. The molecular formula is C11H17N3O2. The van der Waals surface area contributed by atoms with Gasteiger partial charge in [-0.3, -0.25) is 9.78 Å². The van der Waals surface area contributed by atoms with E-state index >= 15 is 0 Å². The van der Waals surface area contributed by atoms with Crippen LogP contribution in [0.2, 0.25) is 0 Å². The van der Waals surface area contributed by atoms with Gasteiger partial charge < -0.3 is 16.2 Å². The van der Waals surface area contributed by atoms with Crippen molar-refractivity contribution in [3.8, 4) is 0 Å². The third-order valence-corrected chi connectivity index (χ3v) is 2.35. The smallest absolute Gasteiger partial charge is 0.154 e. The van der Waals surface area contributed by atoms with E-state index in [1.54, 1.807) is 25.6 Å². The summed E-state index contributed by atoms with van der Waals surface area (Å²) < 4.78 is 4.87. The van der Waals surface area contributed by atoms with Crippen molar-refractivity contribution in [2.75, 3.05) is 19.5 Å². The highest BCUT2D eigenvalue weighted by Crippen LogP contribution is 2.10. The highest BCUT2D eigenvalue weighted by molar-refractivity contribution is 5.86. The van der Waals surface area contributed by atoms with Crippen molar-refractivity contribution in [2.45, 2.75) is 18.9 Å². The summed E-state index contributed by atoms with van der Waals surface area (Å²) in [5.41, 5.74) is 12.7. The van der Waals surface area contributed by atoms with E-state index in [4.69, 9.17) is 16.2 Å². The fraction of sp³-hybridized carbons (Fsp3) is 0.455. The summed E-state index contributed by atoms with van der Waals surface area (Å²) in [5, 5.41) is 0. The van der Waals surface area contributed by atoms with Gasteiger partial charge in [0.05, 0.1) is 6.04 Å². The van der Waals surface area contributed by atoms with Crippen LogP contribution in [0.3, 0.4) is 0 Å². The van der Waals surface area contributed by atoms with Crippen LogP contribution >= 0.6 is 0 Å². The van der Waals surface area contributed by atoms with Crippen LogP contribution in [-0.4, -0.2) is 30.5 Å². The molecule has 16 heavy (non-hydrogen) atoms. The fourth-order valence-corrected chi connectivity index (χ4v) is 1.31. The van der Waals surface area contributed by atoms with Gasteiger partial charge >= 0.3 is 0 Å². The molecule has 0 spiro atoms. The van der Waals surface area contributed by atoms with Crippen molar-refractivity contribution < 1.29 is 9.53 Å². The molecule has 5 nitrogen and oxygen atoms in total. The lowest BCUT2D eigenvalue weighted by Gasteiger charge is -2.10. The van der Waals surface area contributed by atoms with Gasteiger partial charge in [-0.15, -0.1) is 0 Å². The molecule has 1 unspecified atom stereocenters. The zero-order valence-corrected chi connectivity index (χ0v) is 9.35. The number of nitrogens with two attached hydrogens (primary N) is 2. The Morgan fingerprint density at radius 2 is 2.38 bits per heavy atom. The monoisotopic (exact) mass is 223 g/mol. The summed E-state index contributed by atoms with van der Waals surface area (Å²) in [4.78, 5) is 15.6. The summed E-state index contributed by atoms with van der Waals surface area (Å²) in [6.45, 7) is 0.482. The van der Waals surface area contributed by atoms with E-state index in [0.29, 0.717) is 18.7 Å². The van der Waals surface area contributed by atoms with Crippen molar-refractivity contribution in [1.29, 1.82) is 0 Å². The van der Waals surface area contributed by atoms with E-state index in [1.807, 2.05) is 0 Å². The minimum absolute atomic E-state index is 0.0447. The molecule has 1 aromatic rings. The van der Waals surface area contributed by atoms with Gasteiger partial charge in [0.2, 0.25) is 0 Å². The zero-order valence-electron chi connectivity index (χ0n) is 9.35. The average molecular weight is 223 g/mol. The molecule has 0 bridgehead atoms. The Labute approximate surface area is 94.8 Å². The van der Waals surface area contributed by atoms with E-state index in [2.05, 4.69) is 4.98 Å². The number of aromatic nitrogens is 1. The summed E-state index contributed by atoms with van der Waals surface area (Å²) in [5.74, 6) is -0.0447. The molecular weight excluding hydrogens is 206 g/mol. The summed E-state index contributed by atoms with van der Waals surface area (Å²) in [6, 6.07) is 1.17. The van der Waals surface area contributed by atoms with Crippen LogP contribution in [0.1, 0.15) is 12.0 Å². The first kappa shape index (κ1) is 12.6. The molecule has 0 aliphatic rings. The SMILES string of the molecule is COCCC(N)C(=O)Cc1cnccc1N. The maximum Gasteiger partial charge on any atom is 0.154 e. The fourth-order valence-electron chi connectivity index (χ4n) is 1.31. The van der Waals surface area contributed by atoms with Crippen molar-refractivity contribution >= 4 is 11.5 Å². The van der Waals surface area contributed by atoms with Gasteiger partial charge in [0.1, 0.15) is 0 Å². The molecule has 0 fully saturated rings. The Kier molecular flexibility index (Phi) is 4.88. The van der Waals surface area contributed by atoms with Crippen molar-refractivity contribution in [3.05, 3.63) is 24.0 Å². The van der Waals surface area contributed by atoms with Gasteiger partial charge in [0.25, 0.3) is 0 Å². The van der Waals surface area contributed by atoms with Crippen LogP contribution in [-0.2, 0) is 16.0 Å². The second-order valence-electron chi connectivity index (χ2n) is 3.61. The van der Waals surface area contributed by atoms with E-state index in [0.717, 1.165) is 5.56 Å². The predicted octanol–water partition coefficient (Wildman–Crippen LogP) is 0.139. The number of nitrogen functional groups attached to an aromatic ring is 1. The molecule has 0 amide bonds. The zero-order chi connectivity index (χ0) is 12.0. The molecule has 5 heteroatoms. The number of methoxy groups -OCH3 is 1. The van der Waals surface area contributed by atoms with Crippen LogP contribution < -0.4 is 11.5 Å². The average Bonchev–Trinajstić information content (AvgIpc) is 2.28. The number of carbonyl (C=O) groups excluding carboxylic acids is 1. The highest BCUT2D eigenvalue weighted by Gasteiger charge is 2.14. The second kappa shape index (κ2) is 6.19.